The van der Waals surface area contributed by atoms with E-state index in [0.29, 0.717) is 0 Å². The largest absolute Gasteiger partial charge is 0.494 e. The summed E-state index contributed by atoms with van der Waals surface area (Å²) in [4.78, 5) is 11.8. The summed E-state index contributed by atoms with van der Waals surface area (Å²) in [6.07, 6.45) is 0. The van der Waals surface area contributed by atoms with Gasteiger partial charge in [0.15, 0.2) is 11.6 Å². The number of benzene rings is 2. The van der Waals surface area contributed by atoms with Crippen LogP contribution in [-0.2, 0) is 11.3 Å². The highest BCUT2D eigenvalue weighted by Crippen LogP contribution is 2.20. The number of halogens is 1. The summed E-state index contributed by atoms with van der Waals surface area (Å²) in [5.41, 5.74) is 0.717. The van der Waals surface area contributed by atoms with Gasteiger partial charge in [-0.2, -0.15) is 0 Å². The molecule has 2 rings (SSSR count). The highest BCUT2D eigenvalue weighted by molar-refractivity contribution is 5.90. The third kappa shape index (κ3) is 3.10. The van der Waals surface area contributed by atoms with E-state index < -0.39 is 11.8 Å². The third-order valence-corrected chi connectivity index (χ3v) is 2.62. The van der Waals surface area contributed by atoms with Crippen LogP contribution < -0.4 is 4.74 Å². The van der Waals surface area contributed by atoms with Crippen molar-refractivity contribution in [2.75, 3.05) is 7.11 Å². The van der Waals surface area contributed by atoms with Crippen LogP contribution in [0, 0.1) is 5.82 Å². The van der Waals surface area contributed by atoms with Crippen LogP contribution in [0.4, 0.5) is 4.39 Å². The van der Waals surface area contributed by atoms with E-state index >= 15 is 0 Å². The Kier molecular flexibility index (Phi) is 4.13. The van der Waals surface area contributed by atoms with Gasteiger partial charge in [-0.3, -0.25) is 0 Å². The Hall–Kier alpha value is -2.36. The van der Waals surface area contributed by atoms with Gasteiger partial charge in [0.05, 0.1) is 12.7 Å². The van der Waals surface area contributed by atoms with E-state index in [0.717, 1.165) is 5.56 Å². The van der Waals surface area contributed by atoms with Gasteiger partial charge >= 0.3 is 5.97 Å². The van der Waals surface area contributed by atoms with Gasteiger partial charge in [0.25, 0.3) is 0 Å². The van der Waals surface area contributed by atoms with E-state index in [1.54, 1.807) is 6.07 Å². The first-order valence-electron chi connectivity index (χ1n) is 5.76. The van der Waals surface area contributed by atoms with E-state index in [4.69, 9.17) is 9.47 Å². The summed E-state index contributed by atoms with van der Waals surface area (Å²) < 4.78 is 23.7. The predicted molar refractivity (Wildman–Crippen MR) is 68.5 cm³/mol. The van der Waals surface area contributed by atoms with Gasteiger partial charge in [-0.05, 0) is 17.7 Å². The van der Waals surface area contributed by atoms with Gasteiger partial charge in [0.1, 0.15) is 6.61 Å². The van der Waals surface area contributed by atoms with Crippen molar-refractivity contribution >= 4 is 5.97 Å². The molecule has 98 valence electrons. The number of hydrogen-bond acceptors (Lipinski definition) is 3. The molecule has 0 spiro atoms. The molecule has 3 nitrogen and oxygen atoms in total. The lowest BCUT2D eigenvalue weighted by molar-refractivity contribution is 0.0466. The molecule has 0 fully saturated rings. The summed E-state index contributed by atoms with van der Waals surface area (Å²) in [5.74, 6) is -1.39. The summed E-state index contributed by atoms with van der Waals surface area (Å²) >= 11 is 0. The van der Waals surface area contributed by atoms with Crippen LogP contribution in [0.1, 0.15) is 15.9 Å². The lowest BCUT2D eigenvalue weighted by Crippen LogP contribution is -2.08. The average Bonchev–Trinajstić information content (AvgIpc) is 2.46. The molecule has 0 aromatic heterocycles. The molecular weight excluding hydrogens is 247 g/mol. The van der Waals surface area contributed by atoms with Crippen LogP contribution in [-0.4, -0.2) is 13.1 Å². The van der Waals surface area contributed by atoms with Crippen molar-refractivity contribution in [3.8, 4) is 5.75 Å². The second-order valence-electron chi connectivity index (χ2n) is 3.88. The zero-order chi connectivity index (χ0) is 13.7. The second kappa shape index (κ2) is 6.00. The van der Waals surface area contributed by atoms with Gasteiger partial charge in [0.2, 0.25) is 0 Å². The van der Waals surface area contributed by atoms with Crippen molar-refractivity contribution < 1.29 is 18.7 Å². The van der Waals surface area contributed by atoms with Crippen LogP contribution in [0.15, 0.2) is 48.5 Å². The smallest absolute Gasteiger partial charge is 0.341 e. The lowest BCUT2D eigenvalue weighted by atomic mass is 10.2. The Labute approximate surface area is 110 Å². The molecule has 0 N–H and O–H groups in total. The monoisotopic (exact) mass is 260 g/mol. The van der Waals surface area contributed by atoms with Crippen molar-refractivity contribution in [3.05, 3.63) is 65.5 Å². The molecule has 0 saturated carbocycles. The quantitative estimate of drug-likeness (QED) is 0.792. The van der Waals surface area contributed by atoms with Crippen LogP contribution in [0.2, 0.25) is 0 Å². The van der Waals surface area contributed by atoms with E-state index in [-0.39, 0.29) is 17.9 Å². The molecule has 19 heavy (non-hydrogen) atoms. The molecule has 0 aliphatic rings. The highest BCUT2D eigenvalue weighted by atomic mass is 19.1. The van der Waals surface area contributed by atoms with E-state index in [1.807, 2.05) is 30.3 Å². The number of esters is 1. The molecule has 0 aliphatic heterocycles. The molecule has 0 unspecified atom stereocenters. The maximum absolute atomic E-state index is 13.8. The first-order valence-corrected chi connectivity index (χ1v) is 5.76. The number of rotatable bonds is 4. The van der Waals surface area contributed by atoms with Gasteiger partial charge in [-0.1, -0.05) is 36.4 Å². The zero-order valence-corrected chi connectivity index (χ0v) is 10.4. The Morgan fingerprint density at radius 2 is 1.84 bits per heavy atom. The number of carbonyl (C=O) groups is 1. The fraction of sp³-hybridized carbons (Fsp3) is 0.133. The number of carbonyl (C=O) groups excluding carboxylic acids is 1. The molecule has 0 bridgehead atoms. The topological polar surface area (TPSA) is 35.5 Å². The van der Waals surface area contributed by atoms with E-state index in [2.05, 4.69) is 0 Å². The molecule has 0 radical (unpaired) electrons. The fourth-order valence-corrected chi connectivity index (χ4v) is 1.63. The Morgan fingerprint density at radius 1 is 1.11 bits per heavy atom. The van der Waals surface area contributed by atoms with E-state index in [9.17, 15) is 9.18 Å². The van der Waals surface area contributed by atoms with Gasteiger partial charge < -0.3 is 9.47 Å². The SMILES string of the molecule is COc1cccc(C(=O)OCc2ccccc2)c1F. The molecule has 4 heteroatoms. The Morgan fingerprint density at radius 3 is 2.53 bits per heavy atom. The fourth-order valence-electron chi connectivity index (χ4n) is 1.63. The summed E-state index contributed by atoms with van der Waals surface area (Å²) in [7, 11) is 1.34. The summed E-state index contributed by atoms with van der Waals surface area (Å²) in [5, 5.41) is 0. The molecule has 0 atom stereocenters. The molecule has 0 aliphatic carbocycles. The molecule has 0 saturated heterocycles. The molecule has 0 amide bonds. The second-order valence-corrected chi connectivity index (χ2v) is 3.88. The normalized spacial score (nSPS) is 10.0. The Bertz CT molecular complexity index is 567. The molecule has 2 aromatic carbocycles. The van der Waals surface area contributed by atoms with Gasteiger partial charge in [0, 0.05) is 0 Å². The first-order chi connectivity index (χ1) is 9.22. The van der Waals surface area contributed by atoms with Crippen molar-refractivity contribution in [1.82, 2.24) is 0 Å². The lowest BCUT2D eigenvalue weighted by Gasteiger charge is -2.08. The Balaban J connectivity index is 2.08. The third-order valence-electron chi connectivity index (χ3n) is 2.62. The zero-order valence-electron chi connectivity index (χ0n) is 10.4. The minimum atomic E-state index is -0.708. The van der Waals surface area contributed by atoms with Crippen molar-refractivity contribution in [2.45, 2.75) is 6.61 Å². The molecular formula is C15H13FO3. The maximum atomic E-state index is 13.8. The highest BCUT2D eigenvalue weighted by Gasteiger charge is 2.16. The predicted octanol–water partition coefficient (Wildman–Crippen LogP) is 3.19. The van der Waals surface area contributed by atoms with Crippen molar-refractivity contribution in [3.63, 3.8) is 0 Å². The summed E-state index contributed by atoms with van der Waals surface area (Å²) in [6.45, 7) is 0.107. The van der Waals surface area contributed by atoms with Gasteiger partial charge in [-0.25, -0.2) is 9.18 Å². The van der Waals surface area contributed by atoms with Gasteiger partial charge in [-0.15, -0.1) is 0 Å². The summed E-state index contributed by atoms with van der Waals surface area (Å²) in [6, 6.07) is 13.6. The number of methoxy groups -OCH3 is 1. The van der Waals surface area contributed by atoms with Crippen molar-refractivity contribution in [2.24, 2.45) is 0 Å². The first kappa shape index (κ1) is 13.1. The molecule has 2 aromatic rings. The van der Waals surface area contributed by atoms with Crippen LogP contribution in [0.5, 0.6) is 5.75 Å². The standard InChI is InChI=1S/C15H13FO3/c1-18-13-9-5-8-12(14(13)16)15(17)19-10-11-6-3-2-4-7-11/h2-9H,10H2,1H3. The number of ether oxygens (including phenoxy) is 2. The minimum absolute atomic E-state index is 0.0224. The maximum Gasteiger partial charge on any atom is 0.341 e. The van der Waals surface area contributed by atoms with E-state index in [1.165, 1.54) is 19.2 Å². The molecule has 0 heterocycles. The average molecular weight is 260 g/mol. The van der Waals surface area contributed by atoms with Crippen LogP contribution >= 0.6 is 0 Å². The number of hydrogen-bond donors (Lipinski definition) is 0. The van der Waals surface area contributed by atoms with Crippen LogP contribution in [0.3, 0.4) is 0 Å². The van der Waals surface area contributed by atoms with Crippen LogP contribution in [0.25, 0.3) is 0 Å². The van der Waals surface area contributed by atoms with Crippen molar-refractivity contribution in [1.29, 1.82) is 0 Å². The minimum Gasteiger partial charge on any atom is -0.494 e.